The van der Waals surface area contributed by atoms with E-state index in [1.165, 1.54) is 37.2 Å². The van der Waals surface area contributed by atoms with Gasteiger partial charge >= 0.3 is 0 Å². The van der Waals surface area contributed by atoms with E-state index >= 15 is 0 Å². The van der Waals surface area contributed by atoms with Gasteiger partial charge < -0.3 is 10.1 Å². The van der Waals surface area contributed by atoms with Crippen LogP contribution in [0, 0.1) is 0 Å². The van der Waals surface area contributed by atoms with E-state index in [1.54, 1.807) is 10.7 Å². The van der Waals surface area contributed by atoms with Crippen molar-refractivity contribution in [2.45, 2.75) is 49.6 Å². The normalized spacial score (nSPS) is 26.7. The van der Waals surface area contributed by atoms with Crippen LogP contribution in [0.1, 0.15) is 55.1 Å². The second kappa shape index (κ2) is 5.63. The fourth-order valence-electron chi connectivity index (χ4n) is 3.16. The number of hydrogen-bond donors (Lipinski definition) is 1. The first-order chi connectivity index (χ1) is 11.8. The maximum atomic E-state index is 12.3. The van der Waals surface area contributed by atoms with Crippen LogP contribution in [0.2, 0.25) is 0 Å². The number of rotatable bonds is 5. The van der Waals surface area contributed by atoms with E-state index in [4.69, 9.17) is 4.74 Å². The zero-order chi connectivity index (χ0) is 16.1. The summed E-state index contributed by atoms with van der Waals surface area (Å²) in [7, 11) is 0. The van der Waals surface area contributed by atoms with Crippen molar-refractivity contribution in [3.05, 3.63) is 34.0 Å². The van der Waals surface area contributed by atoms with Crippen molar-refractivity contribution >= 4 is 16.7 Å². The molecule has 0 aromatic carbocycles. The molecule has 0 spiro atoms. The molecule has 2 aromatic heterocycles. The molecule has 0 amide bonds. The van der Waals surface area contributed by atoms with Crippen molar-refractivity contribution in [1.82, 2.24) is 19.1 Å². The largest absolute Gasteiger partial charge is 0.377 e. The quantitative estimate of drug-likeness (QED) is 0.891. The van der Waals surface area contributed by atoms with Gasteiger partial charge in [0, 0.05) is 29.4 Å². The van der Waals surface area contributed by atoms with Crippen LogP contribution in [0.3, 0.4) is 0 Å². The van der Waals surface area contributed by atoms with E-state index in [9.17, 15) is 4.79 Å². The molecule has 3 fully saturated rings. The molecule has 1 saturated heterocycles. The van der Waals surface area contributed by atoms with Gasteiger partial charge in [-0.2, -0.15) is 9.47 Å². The molecule has 1 N–H and O–H groups in total. The van der Waals surface area contributed by atoms with Crippen LogP contribution < -0.4 is 10.9 Å². The molecule has 0 bridgehead atoms. The number of ether oxygens (including phenoxy) is 1. The second-order valence-corrected chi connectivity index (χ2v) is 7.65. The van der Waals surface area contributed by atoms with Crippen LogP contribution in [0.15, 0.2) is 16.9 Å². The molecular formula is C16H19N5O2S. The van der Waals surface area contributed by atoms with Crippen molar-refractivity contribution in [1.29, 1.82) is 0 Å². The summed E-state index contributed by atoms with van der Waals surface area (Å²) in [5.41, 5.74) is 0.949. The Bertz CT molecular complexity index is 811. The van der Waals surface area contributed by atoms with E-state index in [-0.39, 0.29) is 17.6 Å². The van der Waals surface area contributed by atoms with Gasteiger partial charge in [0.15, 0.2) is 0 Å². The smallest absolute Gasteiger partial charge is 0.267 e. The summed E-state index contributed by atoms with van der Waals surface area (Å²) in [5.74, 6) is 2.02. The summed E-state index contributed by atoms with van der Waals surface area (Å²) in [6.45, 7) is 1.04. The molecule has 8 heteroatoms. The number of hydrogen-bond acceptors (Lipinski definition) is 7. The molecule has 2 atom stereocenters. The van der Waals surface area contributed by atoms with Crippen LogP contribution in [0.4, 0.5) is 5.13 Å². The third kappa shape index (κ3) is 2.73. The summed E-state index contributed by atoms with van der Waals surface area (Å²) in [4.78, 5) is 16.9. The highest BCUT2D eigenvalue weighted by atomic mass is 32.1. The molecule has 0 radical (unpaired) electrons. The van der Waals surface area contributed by atoms with E-state index in [0.29, 0.717) is 25.0 Å². The minimum Gasteiger partial charge on any atom is -0.377 e. The summed E-state index contributed by atoms with van der Waals surface area (Å²) >= 11 is 1.39. The van der Waals surface area contributed by atoms with Crippen molar-refractivity contribution in [2.24, 2.45) is 0 Å². The predicted molar refractivity (Wildman–Crippen MR) is 89.6 cm³/mol. The monoisotopic (exact) mass is 345 g/mol. The summed E-state index contributed by atoms with van der Waals surface area (Å²) in [5, 5.41) is 8.82. The zero-order valence-corrected chi connectivity index (χ0v) is 14.0. The predicted octanol–water partition coefficient (Wildman–Crippen LogP) is 1.90. The topological polar surface area (TPSA) is 81.9 Å². The van der Waals surface area contributed by atoms with Crippen molar-refractivity contribution in [3.63, 3.8) is 0 Å². The minimum atomic E-state index is -0.107. The second-order valence-electron chi connectivity index (χ2n) is 6.90. The van der Waals surface area contributed by atoms with E-state index < -0.39 is 0 Å². The molecule has 2 aliphatic carbocycles. The molecule has 7 nitrogen and oxygen atoms in total. The standard InChI is InChI=1S/C16H19N5O2S/c22-14-6-5-11(9-1-2-9)19-21(14)13-8-23-7-12(13)17-16-18-15(20-24-16)10-3-4-10/h5-6,9-10,12-13H,1-4,7-8H2,(H,17,18,20). The molecule has 5 rings (SSSR count). The van der Waals surface area contributed by atoms with Gasteiger partial charge in [0.05, 0.1) is 24.9 Å². The Morgan fingerprint density at radius 1 is 1.17 bits per heavy atom. The first kappa shape index (κ1) is 14.5. The van der Waals surface area contributed by atoms with Crippen molar-refractivity contribution in [3.8, 4) is 0 Å². The number of anilines is 1. The van der Waals surface area contributed by atoms with Gasteiger partial charge in [-0.3, -0.25) is 4.79 Å². The minimum absolute atomic E-state index is 0.00958. The average molecular weight is 345 g/mol. The van der Waals surface area contributed by atoms with Gasteiger partial charge in [0.1, 0.15) is 11.9 Å². The van der Waals surface area contributed by atoms with Crippen molar-refractivity contribution in [2.75, 3.05) is 18.5 Å². The molecular weight excluding hydrogens is 326 g/mol. The maximum absolute atomic E-state index is 12.3. The van der Waals surface area contributed by atoms with Crippen molar-refractivity contribution < 1.29 is 4.74 Å². The Hall–Kier alpha value is -1.80. The number of aromatic nitrogens is 4. The van der Waals surface area contributed by atoms with Crippen LogP contribution in [0.5, 0.6) is 0 Å². The molecule has 126 valence electrons. The summed E-state index contributed by atoms with van der Waals surface area (Å²) in [6, 6.07) is 3.38. The van der Waals surface area contributed by atoms with Gasteiger partial charge in [-0.1, -0.05) is 0 Å². The lowest BCUT2D eigenvalue weighted by atomic mass is 10.2. The fraction of sp³-hybridized carbons (Fsp3) is 0.625. The van der Waals surface area contributed by atoms with Gasteiger partial charge in [-0.15, -0.1) is 0 Å². The zero-order valence-electron chi connectivity index (χ0n) is 13.2. The van der Waals surface area contributed by atoms with E-state index in [0.717, 1.165) is 16.6 Å². The molecule has 2 aromatic rings. The van der Waals surface area contributed by atoms with Crippen LogP contribution in [-0.2, 0) is 4.74 Å². The highest BCUT2D eigenvalue weighted by Crippen LogP contribution is 2.40. The van der Waals surface area contributed by atoms with Crippen LogP contribution in [0.25, 0.3) is 0 Å². The summed E-state index contributed by atoms with van der Waals surface area (Å²) in [6.07, 6.45) is 4.72. The SMILES string of the molecule is O=c1ccc(C2CC2)nn1C1COCC1Nc1nc(C2CC2)ns1. The lowest BCUT2D eigenvalue weighted by molar-refractivity contribution is 0.182. The number of nitrogens with one attached hydrogen (secondary N) is 1. The van der Waals surface area contributed by atoms with Gasteiger partial charge in [0.2, 0.25) is 5.13 Å². The number of nitrogens with zero attached hydrogens (tertiary/aromatic N) is 4. The molecule has 1 aliphatic heterocycles. The Morgan fingerprint density at radius 3 is 2.79 bits per heavy atom. The molecule has 2 unspecified atom stereocenters. The third-order valence-corrected chi connectivity index (χ3v) is 5.56. The Balaban J connectivity index is 1.38. The first-order valence-corrected chi connectivity index (χ1v) is 9.33. The molecule has 24 heavy (non-hydrogen) atoms. The maximum Gasteiger partial charge on any atom is 0.267 e. The van der Waals surface area contributed by atoms with Gasteiger partial charge in [0.25, 0.3) is 5.56 Å². The lowest BCUT2D eigenvalue weighted by Crippen LogP contribution is -2.37. The van der Waals surface area contributed by atoms with Gasteiger partial charge in [-0.05, 0) is 31.7 Å². The highest BCUT2D eigenvalue weighted by Gasteiger charge is 2.34. The molecule has 3 heterocycles. The Kier molecular flexibility index (Phi) is 3.41. The molecule has 2 saturated carbocycles. The first-order valence-electron chi connectivity index (χ1n) is 8.55. The Labute approximate surface area is 143 Å². The highest BCUT2D eigenvalue weighted by molar-refractivity contribution is 7.09. The fourth-order valence-corrected chi connectivity index (χ4v) is 3.86. The summed E-state index contributed by atoms with van der Waals surface area (Å²) < 4.78 is 11.7. The Morgan fingerprint density at radius 2 is 2.00 bits per heavy atom. The van der Waals surface area contributed by atoms with Gasteiger partial charge in [-0.25, -0.2) is 9.67 Å². The van der Waals surface area contributed by atoms with E-state index in [1.807, 2.05) is 6.07 Å². The molecule has 3 aliphatic rings. The van der Waals surface area contributed by atoms with E-state index in [2.05, 4.69) is 19.8 Å². The van der Waals surface area contributed by atoms with Crippen LogP contribution >= 0.6 is 11.5 Å². The van der Waals surface area contributed by atoms with Crippen LogP contribution in [-0.4, -0.2) is 38.4 Å². The third-order valence-electron chi connectivity index (χ3n) is 4.90. The average Bonchev–Trinajstić information content (AvgIpc) is 3.52. The lowest BCUT2D eigenvalue weighted by Gasteiger charge is -2.20.